The van der Waals surface area contributed by atoms with Crippen LogP contribution in [-0.4, -0.2) is 32.0 Å². The molecule has 1 heterocycles. The van der Waals surface area contributed by atoms with Gasteiger partial charge in [-0.2, -0.15) is 0 Å². The highest BCUT2D eigenvalue weighted by Gasteiger charge is 2.20. The van der Waals surface area contributed by atoms with Crippen molar-refractivity contribution in [1.29, 1.82) is 0 Å². The summed E-state index contributed by atoms with van der Waals surface area (Å²) in [4.78, 5) is 12.2. The van der Waals surface area contributed by atoms with Crippen LogP contribution in [0, 0.1) is 0 Å². The van der Waals surface area contributed by atoms with Gasteiger partial charge >= 0.3 is 0 Å². The largest absolute Gasteiger partial charge is 0.351 e. The number of amides is 1. The lowest BCUT2D eigenvalue weighted by Gasteiger charge is -2.20. The third kappa shape index (κ3) is 4.99. The van der Waals surface area contributed by atoms with Crippen molar-refractivity contribution >= 4 is 33.6 Å². The first kappa shape index (κ1) is 19.6. The van der Waals surface area contributed by atoms with Gasteiger partial charge < -0.3 is 5.32 Å². The van der Waals surface area contributed by atoms with Gasteiger partial charge in [-0.1, -0.05) is 64.1 Å². The molecule has 1 N–H and O–H groups in total. The third-order valence-electron chi connectivity index (χ3n) is 3.61. The van der Waals surface area contributed by atoms with Crippen LogP contribution in [0.5, 0.6) is 0 Å². The van der Waals surface area contributed by atoms with E-state index in [0.29, 0.717) is 5.16 Å². The Morgan fingerprint density at radius 3 is 2.41 bits per heavy atom. The fraction of sp³-hybridized carbons (Fsp3) is 0.250. The molecule has 0 radical (unpaired) electrons. The van der Waals surface area contributed by atoms with Crippen molar-refractivity contribution in [3.8, 4) is 17.1 Å². The van der Waals surface area contributed by atoms with Crippen molar-refractivity contribution in [2.45, 2.75) is 31.5 Å². The summed E-state index contributed by atoms with van der Waals surface area (Å²) in [6.45, 7) is 5.90. The van der Waals surface area contributed by atoms with Gasteiger partial charge in [0, 0.05) is 21.3 Å². The molecule has 140 valence electrons. The molecule has 0 aliphatic carbocycles. The fourth-order valence-corrected chi connectivity index (χ4v) is 3.79. The lowest BCUT2D eigenvalue weighted by Crippen LogP contribution is -2.41. The molecule has 0 saturated carbocycles. The second-order valence-corrected chi connectivity index (χ2v) is 8.84. The number of aromatic nitrogens is 3. The summed E-state index contributed by atoms with van der Waals surface area (Å²) in [5.74, 6) is 0.975. The fourth-order valence-electron chi connectivity index (χ4n) is 2.57. The van der Waals surface area contributed by atoms with Crippen LogP contribution >= 0.6 is 27.7 Å². The van der Waals surface area contributed by atoms with E-state index in [-0.39, 0.29) is 17.2 Å². The van der Waals surface area contributed by atoms with E-state index in [1.165, 1.54) is 11.8 Å². The van der Waals surface area contributed by atoms with Crippen LogP contribution in [0.2, 0.25) is 0 Å². The maximum absolute atomic E-state index is 12.2. The number of rotatable bonds is 5. The number of carbonyl (C=O) groups is 1. The first-order valence-corrected chi connectivity index (χ1v) is 10.3. The van der Waals surface area contributed by atoms with E-state index in [9.17, 15) is 4.79 Å². The molecular formula is C20H21BrN4OS. The Hall–Kier alpha value is -2.12. The van der Waals surface area contributed by atoms with Gasteiger partial charge in [-0.15, -0.1) is 10.2 Å². The van der Waals surface area contributed by atoms with Gasteiger partial charge in [-0.25, -0.2) is 0 Å². The number of thioether (sulfide) groups is 1. The number of para-hydroxylation sites is 1. The highest BCUT2D eigenvalue weighted by Crippen LogP contribution is 2.31. The van der Waals surface area contributed by atoms with Crippen molar-refractivity contribution in [2.75, 3.05) is 5.75 Å². The SMILES string of the molecule is CC(C)(C)NC(=O)CSc1nnc(-c2ccccc2Br)n1-c1ccccc1. The molecule has 3 rings (SSSR count). The number of nitrogens with zero attached hydrogens (tertiary/aromatic N) is 3. The summed E-state index contributed by atoms with van der Waals surface area (Å²) in [6.07, 6.45) is 0. The Bertz CT molecular complexity index is 935. The molecule has 1 amide bonds. The average Bonchev–Trinajstić information content (AvgIpc) is 3.03. The molecule has 7 heteroatoms. The molecule has 0 spiro atoms. The second-order valence-electron chi connectivity index (χ2n) is 7.04. The van der Waals surface area contributed by atoms with Gasteiger partial charge in [-0.05, 0) is 39.0 Å². The Morgan fingerprint density at radius 1 is 1.07 bits per heavy atom. The van der Waals surface area contributed by atoms with Crippen LogP contribution in [-0.2, 0) is 4.79 Å². The zero-order valence-electron chi connectivity index (χ0n) is 15.4. The Morgan fingerprint density at radius 2 is 1.74 bits per heavy atom. The summed E-state index contributed by atoms with van der Waals surface area (Å²) in [6, 6.07) is 17.8. The quantitative estimate of drug-likeness (QED) is 0.579. The number of carbonyl (C=O) groups excluding carboxylic acids is 1. The van der Waals surface area contributed by atoms with Crippen molar-refractivity contribution < 1.29 is 4.79 Å². The molecule has 2 aromatic carbocycles. The van der Waals surface area contributed by atoms with Crippen LogP contribution in [0.25, 0.3) is 17.1 Å². The highest BCUT2D eigenvalue weighted by molar-refractivity contribution is 9.10. The van der Waals surface area contributed by atoms with Crippen LogP contribution in [0.3, 0.4) is 0 Å². The molecule has 5 nitrogen and oxygen atoms in total. The maximum Gasteiger partial charge on any atom is 0.230 e. The molecule has 0 bridgehead atoms. The Labute approximate surface area is 171 Å². The minimum atomic E-state index is -0.259. The van der Waals surface area contributed by atoms with Gasteiger partial charge in [0.1, 0.15) is 0 Å². The monoisotopic (exact) mass is 444 g/mol. The zero-order chi connectivity index (χ0) is 19.4. The topological polar surface area (TPSA) is 59.8 Å². The van der Waals surface area contributed by atoms with E-state index in [4.69, 9.17) is 0 Å². The first-order chi connectivity index (χ1) is 12.8. The van der Waals surface area contributed by atoms with Gasteiger partial charge in [0.15, 0.2) is 11.0 Å². The van der Waals surface area contributed by atoms with Crippen molar-refractivity contribution in [3.05, 3.63) is 59.1 Å². The van der Waals surface area contributed by atoms with E-state index in [2.05, 4.69) is 31.4 Å². The van der Waals surface area contributed by atoms with Crippen LogP contribution < -0.4 is 5.32 Å². The smallest absolute Gasteiger partial charge is 0.230 e. The van der Waals surface area contributed by atoms with Gasteiger partial charge in [-0.3, -0.25) is 9.36 Å². The van der Waals surface area contributed by atoms with E-state index < -0.39 is 0 Å². The third-order valence-corrected chi connectivity index (χ3v) is 5.23. The molecule has 1 aromatic heterocycles. The van der Waals surface area contributed by atoms with Crippen molar-refractivity contribution in [3.63, 3.8) is 0 Å². The predicted octanol–water partition coefficient (Wildman–Crippen LogP) is 4.70. The van der Waals surface area contributed by atoms with Gasteiger partial charge in [0.05, 0.1) is 5.75 Å². The summed E-state index contributed by atoms with van der Waals surface area (Å²) >= 11 is 4.97. The summed E-state index contributed by atoms with van der Waals surface area (Å²) in [5, 5.41) is 12.4. The van der Waals surface area contributed by atoms with E-state index in [0.717, 1.165) is 21.5 Å². The Kier molecular flexibility index (Phi) is 6.01. The molecule has 0 fully saturated rings. The van der Waals surface area contributed by atoms with Crippen molar-refractivity contribution in [2.24, 2.45) is 0 Å². The lowest BCUT2D eigenvalue weighted by atomic mass is 10.1. The number of benzene rings is 2. The summed E-state index contributed by atoms with van der Waals surface area (Å²) in [7, 11) is 0. The van der Waals surface area contributed by atoms with Gasteiger partial charge in [0.25, 0.3) is 0 Å². The van der Waals surface area contributed by atoms with Crippen LogP contribution in [0.1, 0.15) is 20.8 Å². The molecule has 0 saturated heterocycles. The maximum atomic E-state index is 12.2. The molecule has 3 aromatic rings. The molecule has 0 aliphatic rings. The van der Waals surface area contributed by atoms with Crippen LogP contribution in [0.15, 0.2) is 64.2 Å². The number of hydrogen-bond acceptors (Lipinski definition) is 4. The normalized spacial score (nSPS) is 11.4. The van der Waals surface area contributed by atoms with Gasteiger partial charge in [0.2, 0.25) is 5.91 Å². The standard InChI is InChI=1S/C20H21BrN4OS/c1-20(2,3)22-17(26)13-27-19-24-23-18(15-11-7-8-12-16(15)21)25(19)14-9-5-4-6-10-14/h4-12H,13H2,1-3H3,(H,22,26). The molecular weight excluding hydrogens is 424 g/mol. The minimum Gasteiger partial charge on any atom is -0.351 e. The number of halogens is 1. The summed E-state index contributed by atoms with van der Waals surface area (Å²) in [5.41, 5.74) is 1.64. The average molecular weight is 445 g/mol. The Balaban J connectivity index is 1.96. The summed E-state index contributed by atoms with van der Waals surface area (Å²) < 4.78 is 2.92. The first-order valence-electron chi connectivity index (χ1n) is 8.55. The number of nitrogens with one attached hydrogen (secondary N) is 1. The minimum absolute atomic E-state index is 0.0300. The molecule has 27 heavy (non-hydrogen) atoms. The lowest BCUT2D eigenvalue weighted by molar-refractivity contribution is -0.119. The highest BCUT2D eigenvalue weighted by atomic mass is 79.9. The predicted molar refractivity (Wildman–Crippen MR) is 113 cm³/mol. The van der Waals surface area contributed by atoms with Crippen LogP contribution in [0.4, 0.5) is 0 Å². The zero-order valence-corrected chi connectivity index (χ0v) is 17.8. The van der Waals surface area contributed by atoms with E-state index in [1.54, 1.807) is 0 Å². The number of hydrogen-bond donors (Lipinski definition) is 1. The molecule has 0 unspecified atom stereocenters. The molecule has 0 aliphatic heterocycles. The van der Waals surface area contributed by atoms with Crippen molar-refractivity contribution in [1.82, 2.24) is 20.1 Å². The van der Waals surface area contributed by atoms with E-state index in [1.807, 2.05) is 79.9 Å². The van der Waals surface area contributed by atoms with E-state index >= 15 is 0 Å². The molecule has 0 atom stereocenters. The second kappa shape index (κ2) is 8.27.